The van der Waals surface area contributed by atoms with E-state index >= 15 is 0 Å². The second-order valence-electron chi connectivity index (χ2n) is 4.75. The summed E-state index contributed by atoms with van der Waals surface area (Å²) < 4.78 is 10.0. The first-order valence-corrected chi connectivity index (χ1v) is 6.82. The number of rotatable bonds is 5. The van der Waals surface area contributed by atoms with E-state index in [1.165, 1.54) is 0 Å². The van der Waals surface area contributed by atoms with Crippen LogP contribution in [0.3, 0.4) is 0 Å². The standard InChI is InChI=1S/C15H14N4O3/c1-10-9-12(18-21-10)16-13(20)7-8-14-17-15(19-22-14)11-5-3-2-4-6-11/h2-6,9H,7-8H2,1H3,(H,16,18,20). The minimum atomic E-state index is -0.187. The van der Waals surface area contributed by atoms with Gasteiger partial charge in [0.05, 0.1) is 0 Å². The number of hydrogen-bond acceptors (Lipinski definition) is 6. The second-order valence-corrected chi connectivity index (χ2v) is 4.75. The minimum absolute atomic E-state index is 0.187. The van der Waals surface area contributed by atoms with E-state index in [4.69, 9.17) is 9.05 Å². The lowest BCUT2D eigenvalue weighted by Gasteiger charge is -1.98. The zero-order valence-electron chi connectivity index (χ0n) is 11.9. The van der Waals surface area contributed by atoms with Crippen molar-refractivity contribution in [2.24, 2.45) is 0 Å². The van der Waals surface area contributed by atoms with Gasteiger partial charge in [-0.25, -0.2) is 0 Å². The highest BCUT2D eigenvalue weighted by atomic mass is 16.5. The van der Waals surface area contributed by atoms with Crippen molar-refractivity contribution in [1.29, 1.82) is 0 Å². The lowest BCUT2D eigenvalue weighted by Crippen LogP contribution is -2.12. The highest BCUT2D eigenvalue weighted by Gasteiger charge is 2.11. The van der Waals surface area contributed by atoms with Crippen LogP contribution in [0.4, 0.5) is 5.82 Å². The zero-order chi connectivity index (χ0) is 15.4. The average Bonchev–Trinajstić information content (AvgIpc) is 3.15. The summed E-state index contributed by atoms with van der Waals surface area (Å²) in [6.07, 6.45) is 0.588. The predicted molar refractivity (Wildman–Crippen MR) is 77.9 cm³/mol. The number of hydrogen-bond donors (Lipinski definition) is 1. The Labute approximate surface area is 126 Å². The van der Waals surface area contributed by atoms with Gasteiger partial charge in [0, 0.05) is 24.5 Å². The molecule has 3 rings (SSSR count). The summed E-state index contributed by atoms with van der Waals surface area (Å²) in [5.41, 5.74) is 0.875. The van der Waals surface area contributed by atoms with Crippen molar-refractivity contribution in [3.8, 4) is 11.4 Å². The largest absolute Gasteiger partial charge is 0.360 e. The Hall–Kier alpha value is -2.96. The first-order chi connectivity index (χ1) is 10.7. The quantitative estimate of drug-likeness (QED) is 0.778. The molecular weight excluding hydrogens is 284 g/mol. The molecule has 1 N–H and O–H groups in total. The number of amides is 1. The number of nitrogens with zero attached hydrogens (tertiary/aromatic N) is 3. The highest BCUT2D eigenvalue weighted by Crippen LogP contribution is 2.15. The maximum absolute atomic E-state index is 11.8. The summed E-state index contributed by atoms with van der Waals surface area (Å²) in [4.78, 5) is 16.1. The Balaban J connectivity index is 1.56. The molecule has 0 bridgehead atoms. The van der Waals surface area contributed by atoms with Crippen LogP contribution in [0, 0.1) is 6.92 Å². The van der Waals surface area contributed by atoms with E-state index in [0.717, 1.165) is 5.56 Å². The number of anilines is 1. The van der Waals surface area contributed by atoms with E-state index in [2.05, 4.69) is 20.6 Å². The molecule has 0 unspecified atom stereocenters. The van der Waals surface area contributed by atoms with Crippen LogP contribution in [0.25, 0.3) is 11.4 Å². The fourth-order valence-corrected chi connectivity index (χ4v) is 1.91. The second kappa shape index (κ2) is 6.21. The molecule has 1 amide bonds. The van der Waals surface area contributed by atoms with Crippen LogP contribution in [-0.4, -0.2) is 21.2 Å². The molecule has 0 radical (unpaired) electrons. The summed E-state index contributed by atoms with van der Waals surface area (Å²) in [5, 5.41) is 10.2. The minimum Gasteiger partial charge on any atom is -0.360 e. The van der Waals surface area contributed by atoms with E-state index in [1.807, 2.05) is 30.3 Å². The van der Waals surface area contributed by atoms with Crippen LogP contribution >= 0.6 is 0 Å². The van der Waals surface area contributed by atoms with E-state index in [1.54, 1.807) is 13.0 Å². The lowest BCUT2D eigenvalue weighted by atomic mass is 10.2. The fourth-order valence-electron chi connectivity index (χ4n) is 1.91. The molecule has 0 saturated heterocycles. The van der Waals surface area contributed by atoms with Crippen molar-refractivity contribution in [2.75, 3.05) is 5.32 Å². The lowest BCUT2D eigenvalue weighted by molar-refractivity contribution is -0.116. The van der Waals surface area contributed by atoms with Gasteiger partial charge in [-0.05, 0) is 6.92 Å². The SMILES string of the molecule is Cc1cc(NC(=O)CCc2nc(-c3ccccc3)no2)no1. The van der Waals surface area contributed by atoms with Crippen molar-refractivity contribution < 1.29 is 13.8 Å². The smallest absolute Gasteiger partial charge is 0.227 e. The van der Waals surface area contributed by atoms with Crippen molar-refractivity contribution in [1.82, 2.24) is 15.3 Å². The Morgan fingerprint density at radius 2 is 2.00 bits per heavy atom. The number of nitrogens with one attached hydrogen (secondary N) is 1. The van der Waals surface area contributed by atoms with Crippen LogP contribution < -0.4 is 5.32 Å². The Morgan fingerprint density at radius 3 is 2.73 bits per heavy atom. The van der Waals surface area contributed by atoms with Gasteiger partial charge in [0.2, 0.25) is 17.6 Å². The first-order valence-electron chi connectivity index (χ1n) is 6.82. The molecule has 7 heteroatoms. The van der Waals surface area contributed by atoms with Gasteiger partial charge in [0.15, 0.2) is 5.82 Å². The van der Waals surface area contributed by atoms with Gasteiger partial charge < -0.3 is 14.4 Å². The summed E-state index contributed by atoms with van der Waals surface area (Å²) >= 11 is 0. The highest BCUT2D eigenvalue weighted by molar-refractivity contribution is 5.89. The molecule has 112 valence electrons. The Morgan fingerprint density at radius 1 is 1.18 bits per heavy atom. The van der Waals surface area contributed by atoms with Gasteiger partial charge >= 0.3 is 0 Å². The Bertz CT molecular complexity index is 764. The maximum Gasteiger partial charge on any atom is 0.227 e. The fraction of sp³-hybridized carbons (Fsp3) is 0.200. The molecule has 0 aliphatic heterocycles. The van der Waals surface area contributed by atoms with Gasteiger partial charge in [0.1, 0.15) is 5.76 Å². The van der Waals surface area contributed by atoms with Gasteiger partial charge in [0.25, 0.3) is 0 Å². The number of carbonyl (C=O) groups is 1. The predicted octanol–water partition coefficient (Wildman–Crippen LogP) is 2.60. The number of aromatic nitrogens is 3. The molecule has 0 atom stereocenters. The van der Waals surface area contributed by atoms with Gasteiger partial charge in [-0.15, -0.1) is 0 Å². The van der Waals surface area contributed by atoms with Gasteiger partial charge in [-0.2, -0.15) is 4.98 Å². The Kier molecular flexibility index (Phi) is 3.95. The molecule has 2 aromatic heterocycles. The summed E-state index contributed by atoms with van der Waals surface area (Å²) in [5.74, 6) is 1.79. The first kappa shape index (κ1) is 14.0. The van der Waals surface area contributed by atoms with E-state index < -0.39 is 0 Å². The van der Waals surface area contributed by atoms with Crippen molar-refractivity contribution in [3.05, 3.63) is 48.0 Å². The van der Waals surface area contributed by atoms with E-state index in [9.17, 15) is 4.79 Å². The van der Waals surface area contributed by atoms with Gasteiger partial charge in [-0.1, -0.05) is 40.6 Å². The van der Waals surface area contributed by atoms with Crippen LogP contribution in [0.1, 0.15) is 18.1 Å². The third-order valence-corrected chi connectivity index (χ3v) is 2.96. The van der Waals surface area contributed by atoms with Crippen LogP contribution in [0.15, 0.2) is 45.4 Å². The third-order valence-electron chi connectivity index (χ3n) is 2.96. The topological polar surface area (TPSA) is 94.1 Å². The molecule has 22 heavy (non-hydrogen) atoms. The molecule has 0 fully saturated rings. The molecule has 0 saturated carbocycles. The number of aryl methyl sites for hydroxylation is 2. The maximum atomic E-state index is 11.8. The van der Waals surface area contributed by atoms with E-state index in [-0.39, 0.29) is 12.3 Å². The van der Waals surface area contributed by atoms with Crippen molar-refractivity contribution >= 4 is 11.7 Å². The summed E-state index contributed by atoms with van der Waals surface area (Å²) in [6, 6.07) is 11.2. The molecule has 0 spiro atoms. The molecule has 2 heterocycles. The number of carbonyl (C=O) groups excluding carboxylic acids is 1. The van der Waals surface area contributed by atoms with Crippen LogP contribution in [0.5, 0.6) is 0 Å². The molecule has 0 aliphatic rings. The summed E-state index contributed by atoms with van der Waals surface area (Å²) in [7, 11) is 0. The van der Waals surface area contributed by atoms with Crippen LogP contribution in [-0.2, 0) is 11.2 Å². The molecule has 1 aromatic carbocycles. The average molecular weight is 298 g/mol. The van der Waals surface area contributed by atoms with Crippen LogP contribution in [0.2, 0.25) is 0 Å². The van der Waals surface area contributed by atoms with Crippen molar-refractivity contribution in [3.63, 3.8) is 0 Å². The normalized spacial score (nSPS) is 10.6. The molecular formula is C15H14N4O3. The number of benzene rings is 1. The zero-order valence-corrected chi connectivity index (χ0v) is 11.9. The van der Waals surface area contributed by atoms with E-state index in [0.29, 0.717) is 29.7 Å². The molecule has 3 aromatic rings. The third kappa shape index (κ3) is 3.38. The monoisotopic (exact) mass is 298 g/mol. The molecule has 7 nitrogen and oxygen atoms in total. The van der Waals surface area contributed by atoms with Gasteiger partial charge in [-0.3, -0.25) is 4.79 Å². The van der Waals surface area contributed by atoms with Crippen molar-refractivity contribution in [2.45, 2.75) is 19.8 Å². The molecule has 0 aliphatic carbocycles. The summed E-state index contributed by atoms with van der Waals surface area (Å²) in [6.45, 7) is 1.76.